The van der Waals surface area contributed by atoms with Crippen molar-refractivity contribution in [1.82, 2.24) is 20.3 Å². The van der Waals surface area contributed by atoms with E-state index in [1.54, 1.807) is 18.5 Å². The molecule has 0 bridgehead atoms. The molecule has 0 unspecified atom stereocenters. The number of aromatic nitrogens is 3. The van der Waals surface area contributed by atoms with E-state index in [1.165, 1.54) is 22.5 Å². The number of hydrogen-bond donors (Lipinski definition) is 1. The Bertz CT molecular complexity index is 894. The van der Waals surface area contributed by atoms with E-state index in [4.69, 9.17) is 0 Å². The van der Waals surface area contributed by atoms with E-state index in [-0.39, 0.29) is 5.91 Å². The van der Waals surface area contributed by atoms with Crippen molar-refractivity contribution in [2.75, 3.05) is 6.54 Å². The van der Waals surface area contributed by atoms with Crippen LogP contribution in [0.15, 0.2) is 48.1 Å². The van der Waals surface area contributed by atoms with Gasteiger partial charge in [-0.25, -0.2) is 15.0 Å². The molecular formula is C20H20N4OS. The van der Waals surface area contributed by atoms with Crippen LogP contribution in [0.2, 0.25) is 0 Å². The van der Waals surface area contributed by atoms with Crippen molar-refractivity contribution >= 4 is 17.2 Å². The van der Waals surface area contributed by atoms with Crippen molar-refractivity contribution in [2.24, 2.45) is 0 Å². The largest absolute Gasteiger partial charge is 0.356 e. The first-order chi connectivity index (χ1) is 12.8. The van der Waals surface area contributed by atoms with Crippen LogP contribution in [0.1, 0.15) is 35.6 Å². The monoisotopic (exact) mass is 364 g/mol. The van der Waals surface area contributed by atoms with Crippen LogP contribution >= 0.6 is 11.3 Å². The number of nitrogens with one attached hydrogen (secondary N) is 1. The fraction of sp³-hybridized carbons (Fsp3) is 0.300. The summed E-state index contributed by atoms with van der Waals surface area (Å²) in [4.78, 5) is 25.3. The molecule has 1 aliphatic carbocycles. The lowest BCUT2D eigenvalue weighted by molar-refractivity contribution is -0.121. The number of aryl methyl sites for hydroxylation is 1. The first kappa shape index (κ1) is 16.8. The van der Waals surface area contributed by atoms with Crippen LogP contribution in [0.25, 0.3) is 10.8 Å². The molecule has 0 aliphatic heterocycles. The Morgan fingerprint density at radius 2 is 2.04 bits per heavy atom. The highest BCUT2D eigenvalue weighted by Gasteiger charge is 2.23. The van der Waals surface area contributed by atoms with E-state index in [2.05, 4.69) is 44.5 Å². The van der Waals surface area contributed by atoms with Gasteiger partial charge < -0.3 is 5.32 Å². The molecule has 5 nitrogen and oxygen atoms in total. The molecular weight excluding hydrogens is 344 g/mol. The molecule has 1 amide bonds. The van der Waals surface area contributed by atoms with Crippen molar-refractivity contribution < 1.29 is 4.79 Å². The van der Waals surface area contributed by atoms with Crippen LogP contribution in [0.5, 0.6) is 0 Å². The highest BCUT2D eigenvalue weighted by molar-refractivity contribution is 7.13. The Labute approximate surface area is 156 Å². The van der Waals surface area contributed by atoms with Gasteiger partial charge in [-0.3, -0.25) is 4.79 Å². The zero-order chi connectivity index (χ0) is 17.8. The van der Waals surface area contributed by atoms with E-state index in [9.17, 15) is 4.79 Å². The average molecular weight is 364 g/mol. The Kier molecular flexibility index (Phi) is 5.02. The number of hydrogen-bond acceptors (Lipinski definition) is 5. The molecule has 2 heterocycles. The number of amides is 1. The van der Waals surface area contributed by atoms with Gasteiger partial charge in [0.2, 0.25) is 5.91 Å². The van der Waals surface area contributed by atoms with Crippen LogP contribution in [-0.2, 0) is 17.6 Å². The molecule has 1 atom stereocenters. The quantitative estimate of drug-likeness (QED) is 0.728. The van der Waals surface area contributed by atoms with Gasteiger partial charge in [-0.05, 0) is 36.0 Å². The predicted octanol–water partition coefficient (Wildman–Crippen LogP) is 3.38. The van der Waals surface area contributed by atoms with E-state index < -0.39 is 0 Å². The standard InChI is InChI=1S/C20H20N4OS/c25-18(12-15-7-6-14-4-1-2-5-17(14)15)21-11-8-16-13-26-20(24-16)19-22-9-3-10-23-19/h1-5,9-10,13,15H,6-8,11-12H2,(H,21,25)/t15-/m1/s1. The van der Waals surface area contributed by atoms with Gasteiger partial charge in [0.05, 0.1) is 5.69 Å². The highest BCUT2D eigenvalue weighted by Crippen LogP contribution is 2.35. The normalized spacial score (nSPS) is 15.6. The maximum Gasteiger partial charge on any atom is 0.220 e. The van der Waals surface area contributed by atoms with Crippen molar-refractivity contribution in [2.45, 2.75) is 31.6 Å². The fourth-order valence-corrected chi connectivity index (χ4v) is 4.22. The van der Waals surface area contributed by atoms with E-state index in [1.807, 2.05) is 5.38 Å². The predicted molar refractivity (Wildman–Crippen MR) is 102 cm³/mol. The minimum Gasteiger partial charge on any atom is -0.356 e. The van der Waals surface area contributed by atoms with E-state index >= 15 is 0 Å². The SMILES string of the molecule is O=C(C[C@H]1CCc2ccccc21)NCCc1csc(-c2ncccn2)n1. The van der Waals surface area contributed by atoms with Gasteiger partial charge in [-0.1, -0.05) is 24.3 Å². The molecule has 1 aromatic carbocycles. The second kappa shape index (κ2) is 7.74. The van der Waals surface area contributed by atoms with Crippen molar-refractivity contribution in [1.29, 1.82) is 0 Å². The Hall–Kier alpha value is -2.60. The molecule has 26 heavy (non-hydrogen) atoms. The van der Waals surface area contributed by atoms with Crippen LogP contribution in [0.3, 0.4) is 0 Å². The summed E-state index contributed by atoms with van der Waals surface area (Å²) in [5, 5.41) is 5.85. The number of fused-ring (bicyclic) bond motifs is 1. The van der Waals surface area contributed by atoms with Crippen LogP contribution in [0, 0.1) is 0 Å². The first-order valence-electron chi connectivity index (χ1n) is 8.86. The molecule has 6 heteroatoms. The zero-order valence-electron chi connectivity index (χ0n) is 14.4. The maximum atomic E-state index is 12.3. The van der Waals surface area contributed by atoms with Crippen LogP contribution in [-0.4, -0.2) is 27.4 Å². The number of nitrogens with zero attached hydrogens (tertiary/aromatic N) is 3. The van der Waals surface area contributed by atoms with Crippen molar-refractivity contribution in [3.8, 4) is 10.8 Å². The topological polar surface area (TPSA) is 67.8 Å². The number of carbonyl (C=O) groups is 1. The summed E-state index contributed by atoms with van der Waals surface area (Å²) in [6, 6.07) is 10.2. The van der Waals surface area contributed by atoms with Crippen molar-refractivity contribution in [3.63, 3.8) is 0 Å². The molecule has 3 aromatic rings. The summed E-state index contributed by atoms with van der Waals surface area (Å²) in [6.45, 7) is 0.603. The van der Waals surface area contributed by atoms with Gasteiger partial charge in [0.25, 0.3) is 0 Å². The lowest BCUT2D eigenvalue weighted by Crippen LogP contribution is -2.26. The molecule has 0 radical (unpaired) electrons. The smallest absolute Gasteiger partial charge is 0.220 e. The van der Waals surface area contributed by atoms with Gasteiger partial charge in [0.1, 0.15) is 0 Å². The fourth-order valence-electron chi connectivity index (χ4n) is 3.42. The molecule has 132 valence electrons. The molecule has 0 spiro atoms. The first-order valence-corrected chi connectivity index (χ1v) is 9.74. The number of rotatable bonds is 6. The summed E-state index contributed by atoms with van der Waals surface area (Å²) in [5.41, 5.74) is 3.70. The zero-order valence-corrected chi connectivity index (χ0v) is 15.2. The Balaban J connectivity index is 1.26. The summed E-state index contributed by atoms with van der Waals surface area (Å²) in [6.07, 6.45) is 6.86. The minimum absolute atomic E-state index is 0.119. The average Bonchev–Trinajstić information content (AvgIpc) is 3.30. The molecule has 4 rings (SSSR count). The van der Waals surface area contributed by atoms with Gasteiger partial charge in [-0.15, -0.1) is 11.3 Å². The third kappa shape index (κ3) is 3.80. The molecule has 0 saturated heterocycles. The Morgan fingerprint density at radius 1 is 1.19 bits per heavy atom. The molecule has 1 N–H and O–H groups in total. The lowest BCUT2D eigenvalue weighted by atomic mass is 9.97. The summed E-state index contributed by atoms with van der Waals surface area (Å²) in [5.74, 6) is 1.12. The third-order valence-electron chi connectivity index (χ3n) is 4.70. The van der Waals surface area contributed by atoms with Crippen LogP contribution < -0.4 is 5.32 Å². The minimum atomic E-state index is 0.119. The molecule has 0 saturated carbocycles. The third-order valence-corrected chi connectivity index (χ3v) is 5.59. The second-order valence-electron chi connectivity index (χ2n) is 6.45. The van der Waals surface area contributed by atoms with E-state index in [0.717, 1.165) is 30.0 Å². The second-order valence-corrected chi connectivity index (χ2v) is 7.31. The number of benzene rings is 1. The van der Waals surface area contributed by atoms with E-state index in [0.29, 0.717) is 24.7 Å². The van der Waals surface area contributed by atoms with Gasteiger partial charge in [0.15, 0.2) is 10.8 Å². The molecule has 0 fully saturated rings. The number of carbonyl (C=O) groups excluding carboxylic acids is 1. The summed E-state index contributed by atoms with van der Waals surface area (Å²) in [7, 11) is 0. The maximum absolute atomic E-state index is 12.3. The molecule has 2 aromatic heterocycles. The number of thiazole rings is 1. The van der Waals surface area contributed by atoms with Gasteiger partial charge in [0, 0.05) is 37.2 Å². The highest BCUT2D eigenvalue weighted by atomic mass is 32.1. The summed E-state index contributed by atoms with van der Waals surface area (Å²) < 4.78 is 0. The van der Waals surface area contributed by atoms with Crippen LogP contribution in [0.4, 0.5) is 0 Å². The Morgan fingerprint density at radius 3 is 2.92 bits per heavy atom. The van der Waals surface area contributed by atoms with Crippen molar-refractivity contribution in [3.05, 3.63) is 64.9 Å². The van der Waals surface area contributed by atoms with Gasteiger partial charge >= 0.3 is 0 Å². The van der Waals surface area contributed by atoms with Gasteiger partial charge in [-0.2, -0.15) is 0 Å². The summed E-state index contributed by atoms with van der Waals surface area (Å²) >= 11 is 1.53. The molecule has 1 aliphatic rings. The lowest BCUT2D eigenvalue weighted by Gasteiger charge is -2.11.